The smallest absolute Gasteiger partial charge is 0.310 e. The molecule has 1 aliphatic carbocycles. The first-order valence-corrected chi connectivity index (χ1v) is 10.4. The third-order valence-corrected chi connectivity index (χ3v) is 6.83. The van der Waals surface area contributed by atoms with Gasteiger partial charge in [-0.2, -0.15) is 5.26 Å². The molecule has 3 aliphatic rings. The normalized spacial score (nSPS) is 26.8. The number of aromatic nitrogens is 1. The number of rotatable bonds is 3. The molecule has 5 rings (SSSR count). The van der Waals surface area contributed by atoms with Gasteiger partial charge in [-0.25, -0.2) is 0 Å². The van der Waals surface area contributed by atoms with E-state index in [0.29, 0.717) is 6.54 Å². The van der Waals surface area contributed by atoms with E-state index in [1.807, 2.05) is 4.90 Å². The van der Waals surface area contributed by atoms with Gasteiger partial charge in [-0.05, 0) is 30.0 Å². The van der Waals surface area contributed by atoms with E-state index in [0.717, 1.165) is 51.2 Å². The molecule has 1 aromatic heterocycles. The number of hydrogen-bond donors (Lipinski definition) is 1. The molecule has 1 N–H and O–H groups in total. The van der Waals surface area contributed by atoms with Crippen LogP contribution in [0.5, 0.6) is 0 Å². The number of nitriles is 1. The van der Waals surface area contributed by atoms with E-state index in [1.165, 1.54) is 29.3 Å². The second-order valence-electron chi connectivity index (χ2n) is 8.33. The number of carbonyl (C=O) groups excluding carboxylic acids is 1. The minimum absolute atomic E-state index is 0.0956. The van der Waals surface area contributed by atoms with Crippen molar-refractivity contribution in [3.8, 4) is 6.19 Å². The van der Waals surface area contributed by atoms with Gasteiger partial charge in [0.05, 0.1) is 32.3 Å². The van der Waals surface area contributed by atoms with Gasteiger partial charge in [0.1, 0.15) is 0 Å². The number of nitrogens with one attached hydrogen (secondary N) is 1. The fraction of sp³-hybridized carbons (Fsp3) is 0.545. The van der Waals surface area contributed by atoms with Crippen LogP contribution in [0.3, 0.4) is 0 Å². The Morgan fingerprint density at radius 2 is 2.21 bits per heavy atom. The number of esters is 1. The van der Waals surface area contributed by atoms with Gasteiger partial charge in [0.2, 0.25) is 0 Å². The third-order valence-electron chi connectivity index (χ3n) is 6.83. The first-order valence-electron chi connectivity index (χ1n) is 10.4. The first kappa shape index (κ1) is 18.5. The topological polar surface area (TPSA) is 81.6 Å². The van der Waals surface area contributed by atoms with Crippen molar-refractivity contribution >= 4 is 16.9 Å². The van der Waals surface area contributed by atoms with E-state index in [9.17, 15) is 10.1 Å². The highest BCUT2D eigenvalue weighted by Gasteiger charge is 2.43. The van der Waals surface area contributed by atoms with Gasteiger partial charge < -0.3 is 19.4 Å². The average Bonchev–Trinajstić information content (AvgIpc) is 3.11. The Labute approximate surface area is 170 Å². The lowest BCUT2D eigenvalue weighted by atomic mass is 9.72. The van der Waals surface area contributed by atoms with Crippen molar-refractivity contribution in [2.24, 2.45) is 5.92 Å². The SMILES string of the molecule is COC(=O)[C@H]1CC2c3cccc4[nH]c(CN5CCOCC5)c(c34)C[C@H]2N(C#N)C1. The summed E-state index contributed by atoms with van der Waals surface area (Å²) in [7, 11) is 1.43. The van der Waals surface area contributed by atoms with E-state index < -0.39 is 0 Å². The molecular formula is C22H26N4O3. The molecule has 2 fully saturated rings. The van der Waals surface area contributed by atoms with Crippen LogP contribution in [0.15, 0.2) is 18.2 Å². The number of likely N-dealkylation sites (tertiary alicyclic amines) is 1. The summed E-state index contributed by atoms with van der Waals surface area (Å²) in [4.78, 5) is 20.1. The molecule has 7 heteroatoms. The summed E-state index contributed by atoms with van der Waals surface area (Å²) in [5.74, 6) is -0.316. The number of fused-ring (bicyclic) bond motifs is 2. The lowest BCUT2D eigenvalue weighted by Gasteiger charge is -2.44. The quantitative estimate of drug-likeness (QED) is 0.633. The van der Waals surface area contributed by atoms with Crippen molar-refractivity contribution in [1.82, 2.24) is 14.8 Å². The number of piperidine rings is 1. The number of H-pyrrole nitrogens is 1. The molecule has 29 heavy (non-hydrogen) atoms. The van der Waals surface area contributed by atoms with Crippen LogP contribution in [0.2, 0.25) is 0 Å². The van der Waals surface area contributed by atoms with Crippen LogP contribution in [0.1, 0.15) is 29.2 Å². The summed E-state index contributed by atoms with van der Waals surface area (Å²) in [5, 5.41) is 11.1. The molecule has 0 amide bonds. The number of hydrogen-bond acceptors (Lipinski definition) is 6. The largest absolute Gasteiger partial charge is 0.469 e. The van der Waals surface area contributed by atoms with Crippen LogP contribution in [0, 0.1) is 17.4 Å². The molecule has 2 aromatic rings. The zero-order valence-corrected chi connectivity index (χ0v) is 16.7. The van der Waals surface area contributed by atoms with E-state index in [1.54, 1.807) is 0 Å². The Bertz CT molecular complexity index is 972. The number of nitrogens with zero attached hydrogens (tertiary/aromatic N) is 3. The summed E-state index contributed by atoms with van der Waals surface area (Å²) in [6.07, 6.45) is 3.93. The molecule has 3 heterocycles. The van der Waals surface area contributed by atoms with Crippen LogP contribution < -0.4 is 0 Å². The number of carbonyl (C=O) groups is 1. The van der Waals surface area contributed by atoms with Gasteiger partial charge in [0, 0.05) is 48.7 Å². The molecule has 2 aliphatic heterocycles. The summed E-state index contributed by atoms with van der Waals surface area (Å²) < 4.78 is 10.5. The molecule has 3 atom stereocenters. The zero-order valence-electron chi connectivity index (χ0n) is 16.7. The highest BCUT2D eigenvalue weighted by atomic mass is 16.5. The van der Waals surface area contributed by atoms with Gasteiger partial charge in [-0.3, -0.25) is 9.69 Å². The van der Waals surface area contributed by atoms with E-state index >= 15 is 0 Å². The Kier molecular flexibility index (Phi) is 4.69. The predicted octanol–water partition coefficient (Wildman–Crippen LogP) is 1.98. The van der Waals surface area contributed by atoms with Crippen LogP contribution in [0.25, 0.3) is 10.9 Å². The number of ether oxygens (including phenoxy) is 2. The first-order chi connectivity index (χ1) is 14.2. The van der Waals surface area contributed by atoms with Crippen LogP contribution >= 0.6 is 0 Å². The van der Waals surface area contributed by atoms with Crippen molar-refractivity contribution in [3.63, 3.8) is 0 Å². The fourth-order valence-electron chi connectivity index (χ4n) is 5.43. The maximum Gasteiger partial charge on any atom is 0.310 e. The third kappa shape index (κ3) is 3.07. The molecule has 0 radical (unpaired) electrons. The van der Waals surface area contributed by atoms with Crippen molar-refractivity contribution in [2.75, 3.05) is 40.0 Å². The maximum atomic E-state index is 12.2. The van der Waals surface area contributed by atoms with E-state index in [2.05, 4.69) is 34.3 Å². The Morgan fingerprint density at radius 3 is 2.97 bits per heavy atom. The molecule has 1 unspecified atom stereocenters. The number of aromatic amines is 1. The fourth-order valence-corrected chi connectivity index (χ4v) is 5.43. The highest BCUT2D eigenvalue weighted by Crippen LogP contribution is 2.46. The van der Waals surface area contributed by atoms with Crippen molar-refractivity contribution in [1.29, 1.82) is 5.26 Å². The summed E-state index contributed by atoms with van der Waals surface area (Å²) >= 11 is 0. The lowest BCUT2D eigenvalue weighted by Crippen LogP contribution is -2.49. The monoisotopic (exact) mass is 394 g/mol. The van der Waals surface area contributed by atoms with Crippen LogP contribution in [-0.4, -0.2) is 66.8 Å². The molecule has 7 nitrogen and oxygen atoms in total. The standard InChI is InChI=1S/C22H26N4O3/c1-28-22(27)14-9-16-15-3-2-4-18-21(15)17(10-20(16)26(11-14)13-23)19(24-18)12-25-5-7-29-8-6-25/h2-4,14,16,20,24H,5-12H2,1H3/t14-,16?,20+/m0/s1. The van der Waals surface area contributed by atoms with Gasteiger partial charge in [0.25, 0.3) is 0 Å². The second kappa shape index (κ2) is 7.36. The summed E-state index contributed by atoms with van der Waals surface area (Å²) in [6, 6.07) is 6.48. The predicted molar refractivity (Wildman–Crippen MR) is 107 cm³/mol. The Balaban J connectivity index is 1.54. The van der Waals surface area contributed by atoms with Crippen LogP contribution in [-0.2, 0) is 27.2 Å². The van der Waals surface area contributed by atoms with Gasteiger partial charge in [-0.1, -0.05) is 12.1 Å². The lowest BCUT2D eigenvalue weighted by molar-refractivity contribution is -0.147. The molecule has 2 saturated heterocycles. The van der Waals surface area contributed by atoms with E-state index in [-0.39, 0.29) is 23.8 Å². The molecule has 0 bridgehead atoms. The van der Waals surface area contributed by atoms with Crippen molar-refractivity contribution in [3.05, 3.63) is 35.0 Å². The number of benzene rings is 1. The van der Waals surface area contributed by atoms with Crippen molar-refractivity contribution < 1.29 is 14.3 Å². The highest BCUT2D eigenvalue weighted by molar-refractivity contribution is 5.90. The second-order valence-corrected chi connectivity index (χ2v) is 8.33. The molecular weight excluding hydrogens is 368 g/mol. The van der Waals surface area contributed by atoms with Gasteiger partial charge in [0.15, 0.2) is 6.19 Å². The maximum absolute atomic E-state index is 12.2. The Morgan fingerprint density at radius 1 is 1.38 bits per heavy atom. The van der Waals surface area contributed by atoms with Crippen LogP contribution in [0.4, 0.5) is 0 Å². The summed E-state index contributed by atoms with van der Waals surface area (Å²) in [5.41, 5.74) is 5.00. The molecule has 0 saturated carbocycles. The minimum atomic E-state index is -0.260. The zero-order chi connectivity index (χ0) is 20.0. The molecule has 1 aromatic carbocycles. The number of morpholine rings is 1. The molecule has 152 valence electrons. The number of methoxy groups -OCH3 is 1. The summed E-state index contributed by atoms with van der Waals surface area (Å²) in [6.45, 7) is 4.77. The van der Waals surface area contributed by atoms with E-state index in [4.69, 9.17) is 9.47 Å². The molecule has 0 spiro atoms. The van der Waals surface area contributed by atoms with Gasteiger partial charge >= 0.3 is 5.97 Å². The average molecular weight is 394 g/mol. The van der Waals surface area contributed by atoms with Gasteiger partial charge in [-0.15, -0.1) is 0 Å². The minimum Gasteiger partial charge on any atom is -0.469 e. The van der Waals surface area contributed by atoms with Crippen molar-refractivity contribution in [2.45, 2.75) is 31.3 Å². The Hall–Kier alpha value is -2.56.